The van der Waals surface area contributed by atoms with Crippen molar-refractivity contribution in [3.8, 4) is 0 Å². The Balaban J connectivity index is 1.60. The molecule has 3 aromatic rings. The number of ether oxygens (including phenoxy) is 1. The summed E-state index contributed by atoms with van der Waals surface area (Å²) in [6.45, 7) is 5.37. The lowest BCUT2D eigenvalue weighted by molar-refractivity contribution is 0.0330. The summed E-state index contributed by atoms with van der Waals surface area (Å²) < 4.78 is 32.1. The molecule has 2 heterocycles. The summed E-state index contributed by atoms with van der Waals surface area (Å²) in [7, 11) is 0. The van der Waals surface area contributed by atoms with E-state index in [2.05, 4.69) is 9.88 Å². The molecule has 1 fully saturated rings. The van der Waals surface area contributed by atoms with Crippen LogP contribution in [0, 0.1) is 11.6 Å². The number of morpholine rings is 1. The molecule has 0 radical (unpaired) electrons. The van der Waals surface area contributed by atoms with E-state index in [-0.39, 0.29) is 11.3 Å². The highest BCUT2D eigenvalue weighted by Crippen LogP contribution is 2.30. The van der Waals surface area contributed by atoms with Crippen molar-refractivity contribution in [3.63, 3.8) is 0 Å². The Kier molecular flexibility index (Phi) is 6.36. The third-order valence-electron chi connectivity index (χ3n) is 4.95. The van der Waals surface area contributed by atoms with E-state index in [4.69, 9.17) is 9.72 Å². The van der Waals surface area contributed by atoms with Crippen LogP contribution in [0.15, 0.2) is 47.5 Å². The van der Waals surface area contributed by atoms with Gasteiger partial charge < -0.3 is 4.74 Å². The number of aromatic nitrogens is 2. The molecule has 1 aliphatic heterocycles. The molecular weight excluding hydrogens is 408 g/mol. The number of Topliss-reactive ketones (excluding diaryl/α,β-unsaturated/α-hetero) is 1. The third-order valence-corrected chi connectivity index (χ3v) is 6.05. The van der Waals surface area contributed by atoms with Crippen LogP contribution < -0.4 is 0 Å². The second kappa shape index (κ2) is 9.16. The van der Waals surface area contributed by atoms with Crippen molar-refractivity contribution in [1.29, 1.82) is 0 Å². The van der Waals surface area contributed by atoms with Crippen LogP contribution in [0.5, 0.6) is 0 Å². The van der Waals surface area contributed by atoms with E-state index in [0.29, 0.717) is 30.6 Å². The minimum absolute atomic E-state index is 0.140. The highest BCUT2D eigenvalue weighted by Gasteiger charge is 2.21. The van der Waals surface area contributed by atoms with Gasteiger partial charge in [-0.15, -0.1) is 0 Å². The summed E-state index contributed by atoms with van der Waals surface area (Å²) in [5, 5.41) is 1.04. The van der Waals surface area contributed by atoms with Gasteiger partial charge in [0, 0.05) is 24.0 Å². The lowest BCUT2D eigenvalue weighted by atomic mass is 10.1. The molecule has 5 nitrogen and oxygen atoms in total. The van der Waals surface area contributed by atoms with Crippen LogP contribution in [0.4, 0.5) is 8.78 Å². The second-order valence-electron chi connectivity index (χ2n) is 7.10. The topological polar surface area (TPSA) is 55.3 Å². The van der Waals surface area contributed by atoms with Gasteiger partial charge in [-0.25, -0.2) is 18.7 Å². The first kappa shape index (κ1) is 20.8. The Morgan fingerprint density at radius 1 is 1.13 bits per heavy atom. The zero-order chi connectivity index (χ0) is 21.1. The predicted molar refractivity (Wildman–Crippen MR) is 112 cm³/mol. The van der Waals surface area contributed by atoms with E-state index < -0.39 is 16.9 Å². The zero-order valence-corrected chi connectivity index (χ0v) is 17.3. The molecule has 1 aromatic heterocycles. The average Bonchev–Trinajstić information content (AvgIpc) is 2.76. The van der Waals surface area contributed by atoms with E-state index in [9.17, 15) is 13.6 Å². The highest BCUT2D eigenvalue weighted by atomic mass is 32.2. The molecule has 8 heteroatoms. The number of hydrogen-bond acceptors (Lipinski definition) is 6. The molecule has 0 saturated carbocycles. The van der Waals surface area contributed by atoms with E-state index >= 15 is 0 Å². The molecule has 4 rings (SSSR count). The zero-order valence-electron chi connectivity index (χ0n) is 16.5. The number of halogens is 2. The summed E-state index contributed by atoms with van der Waals surface area (Å²) in [5.41, 5.74) is 0.950. The normalized spacial score (nSPS) is 16.0. The third kappa shape index (κ3) is 4.66. The Hall–Kier alpha value is -2.42. The van der Waals surface area contributed by atoms with Crippen molar-refractivity contribution in [3.05, 3.63) is 65.5 Å². The number of benzene rings is 2. The van der Waals surface area contributed by atoms with Crippen molar-refractivity contribution >= 4 is 28.4 Å². The van der Waals surface area contributed by atoms with Crippen molar-refractivity contribution in [2.24, 2.45) is 0 Å². The maximum Gasteiger partial charge on any atom is 0.176 e. The number of hydrogen-bond donors (Lipinski definition) is 0. The van der Waals surface area contributed by atoms with Gasteiger partial charge >= 0.3 is 0 Å². The summed E-state index contributed by atoms with van der Waals surface area (Å²) in [4.78, 5) is 24.4. The largest absolute Gasteiger partial charge is 0.379 e. The average molecular weight is 429 g/mol. The van der Waals surface area contributed by atoms with Crippen LogP contribution in [0.2, 0.25) is 0 Å². The number of rotatable bonds is 6. The Bertz CT molecular complexity index is 1070. The first-order valence-electron chi connectivity index (χ1n) is 9.73. The van der Waals surface area contributed by atoms with E-state index in [0.717, 1.165) is 36.1 Å². The predicted octanol–water partition coefficient (Wildman–Crippen LogP) is 4.10. The van der Waals surface area contributed by atoms with Gasteiger partial charge in [0.15, 0.2) is 17.4 Å². The fourth-order valence-corrected chi connectivity index (χ4v) is 4.35. The lowest BCUT2D eigenvalue weighted by Gasteiger charge is -2.26. The van der Waals surface area contributed by atoms with Crippen LogP contribution in [0.1, 0.15) is 23.1 Å². The van der Waals surface area contributed by atoms with Crippen molar-refractivity contribution in [2.45, 2.75) is 23.7 Å². The molecule has 0 aliphatic carbocycles. The SMILES string of the molecule is C[C@H](Sc1nc(CN2CCOCC2)nc2ccccc12)C(=O)c1ccc(F)c(F)c1. The van der Waals surface area contributed by atoms with Gasteiger partial charge in [0.25, 0.3) is 0 Å². The number of fused-ring (bicyclic) bond motifs is 1. The van der Waals surface area contributed by atoms with Gasteiger partial charge in [-0.05, 0) is 31.2 Å². The number of carbonyl (C=O) groups is 1. The van der Waals surface area contributed by atoms with Gasteiger partial charge in [0.05, 0.1) is 30.5 Å². The summed E-state index contributed by atoms with van der Waals surface area (Å²) >= 11 is 1.30. The molecule has 1 aliphatic rings. The quantitative estimate of drug-likeness (QED) is 0.334. The molecule has 0 unspecified atom stereocenters. The minimum Gasteiger partial charge on any atom is -0.379 e. The molecule has 30 heavy (non-hydrogen) atoms. The maximum absolute atomic E-state index is 13.5. The van der Waals surface area contributed by atoms with Crippen LogP contribution in [-0.2, 0) is 11.3 Å². The molecule has 0 amide bonds. The lowest BCUT2D eigenvalue weighted by Crippen LogP contribution is -2.36. The number of ketones is 1. The standard InChI is InChI=1S/C22H21F2N3O2S/c1-14(21(28)15-6-7-17(23)18(24)12-15)30-22-16-4-2-3-5-19(16)25-20(26-22)13-27-8-10-29-11-9-27/h2-7,12,14H,8-11,13H2,1H3/t14-/m0/s1. The number of para-hydroxylation sites is 1. The highest BCUT2D eigenvalue weighted by molar-refractivity contribution is 8.00. The number of thioether (sulfide) groups is 1. The van der Waals surface area contributed by atoms with Crippen LogP contribution >= 0.6 is 11.8 Å². The molecule has 0 N–H and O–H groups in total. The van der Waals surface area contributed by atoms with Crippen LogP contribution in [-0.4, -0.2) is 52.2 Å². The van der Waals surface area contributed by atoms with Crippen molar-refractivity contribution in [2.75, 3.05) is 26.3 Å². The van der Waals surface area contributed by atoms with Gasteiger partial charge in [0.1, 0.15) is 10.9 Å². The van der Waals surface area contributed by atoms with E-state index in [1.165, 1.54) is 17.8 Å². The maximum atomic E-state index is 13.5. The molecule has 156 valence electrons. The Morgan fingerprint density at radius 2 is 1.90 bits per heavy atom. The van der Waals surface area contributed by atoms with Crippen molar-refractivity contribution < 1.29 is 18.3 Å². The van der Waals surface area contributed by atoms with Crippen LogP contribution in [0.3, 0.4) is 0 Å². The first-order valence-corrected chi connectivity index (χ1v) is 10.6. The van der Waals surface area contributed by atoms with E-state index in [1.54, 1.807) is 6.92 Å². The molecular formula is C22H21F2N3O2S. The molecule has 1 saturated heterocycles. The van der Waals surface area contributed by atoms with Gasteiger partial charge in [-0.2, -0.15) is 0 Å². The second-order valence-corrected chi connectivity index (χ2v) is 8.43. The van der Waals surface area contributed by atoms with Gasteiger partial charge in [-0.1, -0.05) is 30.0 Å². The molecule has 0 spiro atoms. The van der Waals surface area contributed by atoms with Gasteiger partial charge in [-0.3, -0.25) is 9.69 Å². The summed E-state index contributed by atoms with van der Waals surface area (Å²) in [6.07, 6.45) is 0. The first-order chi connectivity index (χ1) is 14.5. The Morgan fingerprint density at radius 3 is 2.67 bits per heavy atom. The number of carbonyl (C=O) groups excluding carboxylic acids is 1. The number of nitrogens with zero attached hydrogens (tertiary/aromatic N) is 3. The minimum atomic E-state index is -1.03. The molecule has 2 aromatic carbocycles. The van der Waals surface area contributed by atoms with E-state index in [1.807, 2.05) is 24.3 Å². The summed E-state index contributed by atoms with van der Waals surface area (Å²) in [5.74, 6) is -1.60. The van der Waals surface area contributed by atoms with Crippen molar-refractivity contribution in [1.82, 2.24) is 14.9 Å². The van der Waals surface area contributed by atoms with Crippen LogP contribution in [0.25, 0.3) is 10.9 Å². The van der Waals surface area contributed by atoms with Gasteiger partial charge in [0.2, 0.25) is 0 Å². The summed E-state index contributed by atoms with van der Waals surface area (Å²) in [6, 6.07) is 10.9. The smallest absolute Gasteiger partial charge is 0.176 e. The molecule has 0 bridgehead atoms. The monoisotopic (exact) mass is 429 g/mol. The Labute approximate surface area is 177 Å². The fourth-order valence-electron chi connectivity index (χ4n) is 3.32. The molecule has 1 atom stereocenters. The fraction of sp³-hybridized carbons (Fsp3) is 0.318.